The van der Waals surface area contributed by atoms with E-state index < -0.39 is 21.3 Å². The van der Waals surface area contributed by atoms with Crippen LogP contribution in [-0.2, 0) is 14.6 Å². The van der Waals surface area contributed by atoms with Crippen molar-refractivity contribution in [2.75, 3.05) is 55.7 Å². The summed E-state index contributed by atoms with van der Waals surface area (Å²) in [6, 6.07) is 7.48. The van der Waals surface area contributed by atoms with Crippen LogP contribution in [-0.4, -0.2) is 81.5 Å². The Labute approximate surface area is 165 Å². The van der Waals surface area contributed by atoms with Gasteiger partial charge in [-0.05, 0) is 19.1 Å². The second-order valence-corrected chi connectivity index (χ2v) is 9.65. The van der Waals surface area contributed by atoms with Crippen molar-refractivity contribution >= 4 is 33.0 Å². The van der Waals surface area contributed by atoms with E-state index in [0.29, 0.717) is 6.61 Å². The van der Waals surface area contributed by atoms with Gasteiger partial charge < -0.3 is 15.0 Å². The zero-order chi connectivity index (χ0) is 19.4. The van der Waals surface area contributed by atoms with Crippen LogP contribution in [0.4, 0.5) is 5.69 Å². The molecule has 1 aromatic carbocycles. The Morgan fingerprint density at radius 1 is 1.22 bits per heavy atom. The van der Waals surface area contributed by atoms with E-state index in [1.54, 1.807) is 0 Å². The molecule has 1 amide bonds. The Hall–Kier alpha value is -1.51. The van der Waals surface area contributed by atoms with Crippen molar-refractivity contribution in [3.05, 3.63) is 24.3 Å². The zero-order valence-corrected chi connectivity index (χ0v) is 17.0. The molecule has 3 rings (SSSR count). The van der Waals surface area contributed by atoms with Crippen LogP contribution in [0.25, 0.3) is 0 Å². The molecule has 7 nitrogen and oxygen atoms in total. The first kappa shape index (κ1) is 20.2. The topological polar surface area (TPSA) is 79.0 Å². The predicted molar refractivity (Wildman–Crippen MR) is 106 cm³/mol. The number of carbonyl (C=O) groups is 1. The molecule has 0 bridgehead atoms. The number of halogens is 1. The molecular formula is C18H26ClN3O4S. The molecule has 1 N–H and O–H groups in total. The molecule has 150 valence electrons. The summed E-state index contributed by atoms with van der Waals surface area (Å²) in [6.45, 7) is 5.94. The minimum absolute atomic E-state index is 0.0720. The Balaban J connectivity index is 1.49. The Morgan fingerprint density at radius 2 is 1.93 bits per heavy atom. The second-order valence-electron chi connectivity index (χ2n) is 6.93. The van der Waals surface area contributed by atoms with Crippen LogP contribution in [0.1, 0.15) is 6.92 Å². The van der Waals surface area contributed by atoms with Crippen LogP contribution in [0.5, 0.6) is 5.75 Å². The number of anilines is 1. The maximum absolute atomic E-state index is 12.3. The van der Waals surface area contributed by atoms with E-state index in [1.165, 1.54) is 0 Å². The number of piperazine rings is 1. The van der Waals surface area contributed by atoms with Crippen LogP contribution in [0.15, 0.2) is 24.3 Å². The summed E-state index contributed by atoms with van der Waals surface area (Å²) in [4.78, 5) is 16.6. The average molecular weight is 416 g/mol. The highest BCUT2D eigenvalue weighted by Crippen LogP contribution is 2.28. The molecule has 0 unspecified atom stereocenters. The van der Waals surface area contributed by atoms with Crippen LogP contribution >= 0.6 is 11.6 Å². The van der Waals surface area contributed by atoms with Gasteiger partial charge in [-0.25, -0.2) is 8.42 Å². The van der Waals surface area contributed by atoms with E-state index in [1.807, 2.05) is 25.1 Å². The van der Waals surface area contributed by atoms with Gasteiger partial charge in [0.2, 0.25) is 5.91 Å². The molecule has 0 aliphatic carbocycles. The molecule has 0 aromatic heterocycles. The molecule has 1 aromatic rings. The van der Waals surface area contributed by atoms with Crippen molar-refractivity contribution in [1.29, 1.82) is 0 Å². The van der Waals surface area contributed by atoms with Crippen molar-refractivity contribution in [3.63, 3.8) is 0 Å². The molecule has 0 spiro atoms. The summed E-state index contributed by atoms with van der Waals surface area (Å²) in [5, 5.41) is 2.22. The number of benzene rings is 1. The molecule has 0 radical (unpaired) electrons. The number of nitrogens with zero attached hydrogens (tertiary/aromatic N) is 2. The normalized spacial score (nSPS) is 25.3. The first-order valence-electron chi connectivity index (χ1n) is 9.21. The molecule has 9 heteroatoms. The number of hydrogen-bond donors (Lipinski definition) is 1. The van der Waals surface area contributed by atoms with Crippen LogP contribution < -0.4 is 15.0 Å². The monoisotopic (exact) mass is 415 g/mol. The molecule has 2 atom stereocenters. The molecule has 0 saturated carbocycles. The number of carbonyl (C=O) groups excluding carboxylic acids is 1. The highest BCUT2D eigenvalue weighted by molar-refractivity contribution is 7.91. The predicted octanol–water partition coefficient (Wildman–Crippen LogP) is 0.728. The third-order valence-electron chi connectivity index (χ3n) is 4.87. The third kappa shape index (κ3) is 5.27. The molecule has 2 aliphatic heterocycles. The van der Waals surface area contributed by atoms with E-state index in [-0.39, 0.29) is 24.0 Å². The number of hydrogen-bond acceptors (Lipinski definition) is 6. The SMILES string of the molecule is CCOc1ccccc1N1CCN(CC(=O)N[C@H]2CS(=O)(=O)C[C@H]2Cl)CC1. The van der Waals surface area contributed by atoms with Crippen molar-refractivity contribution in [2.45, 2.75) is 18.3 Å². The fraction of sp³-hybridized carbons (Fsp3) is 0.611. The molecule has 2 heterocycles. The summed E-state index contributed by atoms with van der Waals surface area (Å²) in [7, 11) is -3.15. The number of nitrogens with one attached hydrogen (secondary N) is 1. The highest BCUT2D eigenvalue weighted by atomic mass is 35.5. The second kappa shape index (κ2) is 8.67. The van der Waals surface area contributed by atoms with E-state index in [4.69, 9.17) is 16.3 Å². The van der Waals surface area contributed by atoms with Crippen molar-refractivity contribution in [2.24, 2.45) is 0 Å². The van der Waals surface area contributed by atoms with Gasteiger partial charge in [0.15, 0.2) is 9.84 Å². The lowest BCUT2D eigenvalue weighted by molar-refractivity contribution is -0.122. The maximum Gasteiger partial charge on any atom is 0.234 e. The number of amides is 1. The van der Waals surface area contributed by atoms with Gasteiger partial charge >= 0.3 is 0 Å². The van der Waals surface area contributed by atoms with Gasteiger partial charge in [0.05, 0.1) is 41.8 Å². The van der Waals surface area contributed by atoms with Crippen molar-refractivity contribution in [3.8, 4) is 5.75 Å². The lowest BCUT2D eigenvalue weighted by Crippen LogP contribution is -2.51. The molecule has 2 aliphatic rings. The molecule has 27 heavy (non-hydrogen) atoms. The molecule has 2 fully saturated rings. The van der Waals surface area contributed by atoms with E-state index in [0.717, 1.165) is 37.6 Å². The van der Waals surface area contributed by atoms with Gasteiger partial charge in [0.1, 0.15) is 5.75 Å². The average Bonchev–Trinajstić information content (AvgIpc) is 2.88. The lowest BCUT2D eigenvalue weighted by atomic mass is 10.2. The Morgan fingerprint density at radius 3 is 2.56 bits per heavy atom. The van der Waals surface area contributed by atoms with Gasteiger partial charge in [-0.3, -0.25) is 9.69 Å². The van der Waals surface area contributed by atoms with E-state index >= 15 is 0 Å². The summed E-state index contributed by atoms with van der Waals surface area (Å²) >= 11 is 6.05. The van der Waals surface area contributed by atoms with Gasteiger partial charge in [-0.1, -0.05) is 12.1 Å². The largest absolute Gasteiger partial charge is 0.492 e. The van der Waals surface area contributed by atoms with E-state index in [9.17, 15) is 13.2 Å². The number of rotatable bonds is 6. The summed E-state index contributed by atoms with van der Waals surface area (Å²) in [5.74, 6) is 0.555. The molecule has 2 saturated heterocycles. The van der Waals surface area contributed by atoms with Gasteiger partial charge in [-0.2, -0.15) is 0 Å². The summed E-state index contributed by atoms with van der Waals surface area (Å²) < 4.78 is 28.9. The maximum atomic E-state index is 12.3. The number of para-hydroxylation sites is 2. The standard InChI is InChI=1S/C18H26ClN3O4S/c1-2-26-17-6-4-3-5-16(17)22-9-7-21(8-10-22)11-18(23)20-15-13-27(24,25)12-14(15)19/h3-6,14-15H,2,7-13H2,1H3,(H,20,23)/t14-,15+/m1/s1. The van der Waals surface area contributed by atoms with Crippen molar-refractivity contribution < 1.29 is 17.9 Å². The number of alkyl halides is 1. The van der Waals surface area contributed by atoms with Crippen LogP contribution in [0.3, 0.4) is 0 Å². The van der Waals surface area contributed by atoms with Gasteiger partial charge in [0, 0.05) is 26.2 Å². The first-order valence-corrected chi connectivity index (χ1v) is 11.5. The fourth-order valence-electron chi connectivity index (χ4n) is 3.54. The zero-order valence-electron chi connectivity index (χ0n) is 15.4. The van der Waals surface area contributed by atoms with Gasteiger partial charge in [-0.15, -0.1) is 11.6 Å². The summed E-state index contributed by atoms with van der Waals surface area (Å²) in [6.07, 6.45) is 0. The number of ether oxygens (including phenoxy) is 1. The van der Waals surface area contributed by atoms with Crippen LogP contribution in [0.2, 0.25) is 0 Å². The van der Waals surface area contributed by atoms with E-state index in [2.05, 4.69) is 21.2 Å². The van der Waals surface area contributed by atoms with Gasteiger partial charge in [0.25, 0.3) is 0 Å². The third-order valence-corrected chi connectivity index (χ3v) is 7.25. The summed E-state index contributed by atoms with van der Waals surface area (Å²) in [5.41, 5.74) is 1.07. The smallest absolute Gasteiger partial charge is 0.234 e. The van der Waals surface area contributed by atoms with Crippen molar-refractivity contribution in [1.82, 2.24) is 10.2 Å². The molecular weight excluding hydrogens is 390 g/mol. The highest BCUT2D eigenvalue weighted by Gasteiger charge is 2.37. The lowest BCUT2D eigenvalue weighted by Gasteiger charge is -2.36. The minimum atomic E-state index is -3.15. The Kier molecular flexibility index (Phi) is 6.49. The quantitative estimate of drug-likeness (QED) is 0.690. The Bertz CT molecular complexity index is 766. The van der Waals surface area contributed by atoms with Crippen LogP contribution in [0, 0.1) is 0 Å². The number of sulfone groups is 1. The minimum Gasteiger partial charge on any atom is -0.492 e. The fourth-order valence-corrected chi connectivity index (χ4v) is 6.09. The first-order chi connectivity index (χ1) is 12.9.